The minimum absolute atomic E-state index is 0.194. The van der Waals surface area contributed by atoms with Gasteiger partial charge >= 0.3 is 42.2 Å². The molecule has 0 saturated carbocycles. The van der Waals surface area contributed by atoms with E-state index in [0.29, 0.717) is 0 Å². The van der Waals surface area contributed by atoms with E-state index in [0.717, 1.165) is 0 Å². The Balaban J connectivity index is 3.05. The molecule has 0 rings (SSSR count). The molecule has 0 radical (unpaired) electrons. The topological polar surface area (TPSA) is 49.7 Å². The van der Waals surface area contributed by atoms with Gasteiger partial charge < -0.3 is 0 Å². The van der Waals surface area contributed by atoms with Crippen LogP contribution in [0.1, 0.15) is 0 Å². The fourth-order valence-electron chi connectivity index (χ4n) is 0.0478. The molecule has 0 saturated heterocycles. The Morgan fingerprint density at radius 2 is 2.50 bits per heavy atom. The molecule has 0 amide bonds. The van der Waals surface area contributed by atoms with Gasteiger partial charge in [-0.3, -0.25) is 0 Å². The van der Waals surface area contributed by atoms with Crippen LogP contribution < -0.4 is 0 Å². The summed E-state index contributed by atoms with van der Waals surface area (Å²) in [5.41, 5.74) is 0. The summed E-state index contributed by atoms with van der Waals surface area (Å²) in [5.74, 6) is -0.940. The van der Waals surface area contributed by atoms with Crippen LogP contribution in [0, 0.1) is 0 Å². The van der Waals surface area contributed by atoms with Crippen LogP contribution in [0.15, 0.2) is 3.96 Å². The summed E-state index contributed by atoms with van der Waals surface area (Å²) < 4.78 is 3.09. The standard InChI is InChI=1S/C2H3NO2.Fe/c3-1-2(4)5;/h1H2,(H,4,5);. The van der Waals surface area contributed by atoms with E-state index in [9.17, 15) is 4.79 Å². The molecule has 0 aromatic rings. The fraction of sp³-hybridized carbons (Fsp3) is 0.500. The van der Waals surface area contributed by atoms with Gasteiger partial charge in [0, 0.05) is 0 Å². The minimum atomic E-state index is -0.940. The van der Waals surface area contributed by atoms with Crippen molar-refractivity contribution >= 4 is 5.97 Å². The van der Waals surface area contributed by atoms with Crippen LogP contribution in [0.25, 0.3) is 0 Å². The quantitative estimate of drug-likeness (QED) is 0.524. The molecule has 0 bridgehead atoms. The molecule has 0 aliphatic heterocycles. The Kier molecular flexibility index (Phi) is 2.89. The van der Waals surface area contributed by atoms with E-state index < -0.39 is 5.97 Å². The van der Waals surface area contributed by atoms with Crippen LogP contribution in [-0.2, 0) is 20.6 Å². The van der Waals surface area contributed by atoms with Gasteiger partial charge in [0.25, 0.3) is 0 Å². The first-order valence-electron chi connectivity index (χ1n) is 1.26. The number of carboxylic acid groups (broad SMARTS) is 1. The number of aliphatic carboxylic acids is 1. The van der Waals surface area contributed by atoms with Crippen molar-refractivity contribution in [1.29, 1.82) is 0 Å². The molecule has 0 spiro atoms. The van der Waals surface area contributed by atoms with Crippen molar-refractivity contribution in [2.45, 2.75) is 0 Å². The Morgan fingerprint density at radius 1 is 2.00 bits per heavy atom. The zero-order chi connectivity index (χ0) is 4.99. The van der Waals surface area contributed by atoms with Crippen LogP contribution in [0.5, 0.6) is 0 Å². The number of hydrogen-bond acceptors (Lipinski definition) is 2. The van der Waals surface area contributed by atoms with Crippen LogP contribution in [-0.4, -0.2) is 17.6 Å². The van der Waals surface area contributed by atoms with E-state index in [1.807, 2.05) is 0 Å². The first-order chi connectivity index (χ1) is 2.77. The molecule has 1 N–H and O–H groups in total. The van der Waals surface area contributed by atoms with Crippen LogP contribution in [0.3, 0.4) is 0 Å². The van der Waals surface area contributed by atoms with Gasteiger partial charge in [-0.25, -0.2) is 0 Å². The molecule has 0 aromatic heterocycles. The van der Waals surface area contributed by atoms with Gasteiger partial charge in [0.15, 0.2) is 0 Å². The molecule has 4 heteroatoms. The number of nitrogens with zero attached hydrogens (tertiary/aromatic N) is 1. The maximum absolute atomic E-state index is 9.47. The normalized spacial score (nSPS) is 7.50. The predicted molar refractivity (Wildman–Crippen MR) is 14.9 cm³/mol. The number of carbonyl (C=O) groups is 1. The number of carboxylic acids is 1. The molecular formula is C2H3FeNO2. The van der Waals surface area contributed by atoms with Gasteiger partial charge in [0.05, 0.1) is 0 Å². The van der Waals surface area contributed by atoms with Crippen LogP contribution in [0.4, 0.5) is 0 Å². The SMILES string of the molecule is O=C(O)C[N]=[Fe]. The Labute approximate surface area is 43.0 Å². The van der Waals surface area contributed by atoms with E-state index in [2.05, 4.69) is 19.8 Å². The summed E-state index contributed by atoms with van der Waals surface area (Å²) in [6, 6.07) is 0. The first kappa shape index (κ1) is 5.79. The summed E-state index contributed by atoms with van der Waals surface area (Å²) in [7, 11) is 0. The molecule has 0 aliphatic carbocycles. The third-order valence-electron chi connectivity index (χ3n) is 0.191. The monoisotopic (exact) mass is 129 g/mol. The van der Waals surface area contributed by atoms with Gasteiger partial charge in [-0.15, -0.1) is 0 Å². The van der Waals surface area contributed by atoms with Crippen molar-refractivity contribution in [3.8, 4) is 0 Å². The summed E-state index contributed by atoms with van der Waals surface area (Å²) in [6.07, 6.45) is 0. The maximum atomic E-state index is 9.47. The van der Waals surface area contributed by atoms with Crippen molar-refractivity contribution in [3.05, 3.63) is 0 Å². The second-order valence-corrected chi connectivity index (χ2v) is 1.01. The van der Waals surface area contributed by atoms with Crippen molar-refractivity contribution < 1.29 is 25.7 Å². The molecule has 0 fully saturated rings. The van der Waals surface area contributed by atoms with Gasteiger partial charge in [-0.1, -0.05) is 0 Å². The molecule has 6 heavy (non-hydrogen) atoms. The van der Waals surface area contributed by atoms with E-state index in [4.69, 9.17) is 5.11 Å². The van der Waals surface area contributed by atoms with E-state index in [1.165, 1.54) is 0 Å². The van der Waals surface area contributed by atoms with Gasteiger partial charge in [0.2, 0.25) is 0 Å². The van der Waals surface area contributed by atoms with E-state index in [-0.39, 0.29) is 6.54 Å². The molecule has 0 aromatic carbocycles. The second-order valence-electron chi connectivity index (χ2n) is 0.664. The first-order valence-corrected chi connectivity index (χ1v) is 1.75. The molecular weight excluding hydrogens is 126 g/mol. The van der Waals surface area contributed by atoms with Crippen molar-refractivity contribution in [3.63, 3.8) is 0 Å². The number of rotatable bonds is 2. The summed E-state index contributed by atoms with van der Waals surface area (Å²) >= 11 is 2.97. The number of hydrogen-bond donors (Lipinski definition) is 1. The Morgan fingerprint density at radius 3 is 2.50 bits per heavy atom. The zero-order valence-corrected chi connectivity index (χ0v) is 3.97. The van der Waals surface area contributed by atoms with Crippen LogP contribution >= 0.6 is 0 Å². The third-order valence-corrected chi connectivity index (χ3v) is 0.366. The molecule has 36 valence electrons. The average Bonchev–Trinajstić information content (AvgIpc) is 1.35. The molecule has 0 heterocycles. The Hall–Kier alpha value is -0.211. The molecule has 0 atom stereocenters. The third kappa shape index (κ3) is 3.79. The van der Waals surface area contributed by atoms with Crippen molar-refractivity contribution in [1.82, 2.24) is 0 Å². The summed E-state index contributed by atoms with van der Waals surface area (Å²) in [6.45, 7) is -0.194. The van der Waals surface area contributed by atoms with Crippen molar-refractivity contribution in [2.75, 3.05) is 6.54 Å². The van der Waals surface area contributed by atoms with Crippen molar-refractivity contribution in [2.24, 2.45) is 3.96 Å². The molecule has 3 nitrogen and oxygen atoms in total. The zero-order valence-electron chi connectivity index (χ0n) is 2.86. The summed E-state index contributed by atoms with van der Waals surface area (Å²) in [4.78, 5) is 9.47. The Bertz CT molecular complexity index is 71.9. The van der Waals surface area contributed by atoms with Crippen LogP contribution in [0.2, 0.25) is 0 Å². The second kappa shape index (κ2) is 3.00. The van der Waals surface area contributed by atoms with Gasteiger partial charge in [-0.2, -0.15) is 0 Å². The van der Waals surface area contributed by atoms with Gasteiger partial charge in [0.1, 0.15) is 0 Å². The predicted octanol–water partition coefficient (Wildman–Crippen LogP) is -0.199. The fourth-order valence-corrected chi connectivity index (χ4v) is 0.197. The molecule has 0 aliphatic rings. The molecule has 0 unspecified atom stereocenters. The average molecular weight is 129 g/mol. The van der Waals surface area contributed by atoms with E-state index in [1.54, 1.807) is 0 Å². The van der Waals surface area contributed by atoms with E-state index >= 15 is 0 Å². The summed E-state index contributed by atoms with van der Waals surface area (Å²) in [5, 5.41) is 7.78. The van der Waals surface area contributed by atoms with Gasteiger partial charge in [-0.05, 0) is 0 Å².